The van der Waals surface area contributed by atoms with Crippen LogP contribution < -0.4 is 5.32 Å². The number of carbonyl (C=O) groups excluding carboxylic acids is 1. The summed E-state index contributed by atoms with van der Waals surface area (Å²) < 4.78 is 17.8. The Kier molecular flexibility index (Phi) is 6.81. The Morgan fingerprint density at radius 3 is 2.84 bits per heavy atom. The molecule has 0 aromatic heterocycles. The van der Waals surface area contributed by atoms with Crippen molar-refractivity contribution < 1.29 is 13.9 Å². The number of halogens is 2. The zero-order valence-electron chi connectivity index (χ0n) is 11.2. The molecule has 0 radical (unpaired) electrons. The lowest BCUT2D eigenvalue weighted by molar-refractivity contribution is -0.121. The molecule has 1 rings (SSSR count). The third-order valence-electron chi connectivity index (χ3n) is 2.81. The molecule has 106 valence electrons. The lowest BCUT2D eigenvalue weighted by Crippen LogP contribution is -2.26. The summed E-state index contributed by atoms with van der Waals surface area (Å²) in [4.78, 5) is 11.7. The molecular formula is C14H19ClFNO2. The number of amides is 1. The lowest BCUT2D eigenvalue weighted by atomic mass is 10.1. The van der Waals surface area contributed by atoms with Crippen LogP contribution >= 0.6 is 11.6 Å². The first-order valence-corrected chi connectivity index (χ1v) is 6.65. The summed E-state index contributed by atoms with van der Waals surface area (Å²) in [7, 11) is 1.64. The van der Waals surface area contributed by atoms with Crippen molar-refractivity contribution in [3.63, 3.8) is 0 Å². The van der Waals surface area contributed by atoms with E-state index in [2.05, 4.69) is 5.32 Å². The molecule has 0 aliphatic rings. The molecule has 0 unspecified atom stereocenters. The normalized spacial score (nSPS) is 12.2. The molecule has 3 nitrogen and oxygen atoms in total. The van der Waals surface area contributed by atoms with Crippen LogP contribution in [0.4, 0.5) is 4.39 Å². The van der Waals surface area contributed by atoms with E-state index < -0.39 is 0 Å². The fraction of sp³-hybridized carbons (Fsp3) is 0.500. The van der Waals surface area contributed by atoms with E-state index in [0.29, 0.717) is 23.6 Å². The van der Waals surface area contributed by atoms with E-state index in [1.165, 1.54) is 12.1 Å². The Bertz CT molecular complexity index is 426. The van der Waals surface area contributed by atoms with Gasteiger partial charge in [0.2, 0.25) is 5.91 Å². The van der Waals surface area contributed by atoms with Gasteiger partial charge in [-0.3, -0.25) is 4.79 Å². The van der Waals surface area contributed by atoms with Crippen molar-refractivity contribution in [2.45, 2.75) is 32.2 Å². The van der Waals surface area contributed by atoms with Crippen LogP contribution in [-0.2, 0) is 9.53 Å². The molecule has 1 atom stereocenters. The summed E-state index contributed by atoms with van der Waals surface area (Å²) in [5, 5.41) is 3.17. The maximum absolute atomic E-state index is 12.9. The Hall–Kier alpha value is -1.13. The second-order valence-corrected chi connectivity index (χ2v) is 4.81. The molecule has 1 aromatic carbocycles. The van der Waals surface area contributed by atoms with Crippen LogP contribution in [0, 0.1) is 5.82 Å². The number of rotatable bonds is 7. The van der Waals surface area contributed by atoms with Gasteiger partial charge in [-0.05, 0) is 37.5 Å². The highest BCUT2D eigenvalue weighted by atomic mass is 35.5. The van der Waals surface area contributed by atoms with Gasteiger partial charge in [-0.15, -0.1) is 0 Å². The second kappa shape index (κ2) is 8.12. The predicted molar refractivity (Wildman–Crippen MR) is 73.7 cm³/mol. The minimum absolute atomic E-state index is 0.0380. The summed E-state index contributed by atoms with van der Waals surface area (Å²) in [5.74, 6) is -0.421. The lowest BCUT2D eigenvalue weighted by Gasteiger charge is -2.15. The van der Waals surface area contributed by atoms with Crippen LogP contribution in [0.2, 0.25) is 5.02 Å². The zero-order valence-corrected chi connectivity index (χ0v) is 12.0. The van der Waals surface area contributed by atoms with Crippen molar-refractivity contribution in [3.8, 4) is 0 Å². The third-order valence-corrected chi connectivity index (χ3v) is 3.14. The Morgan fingerprint density at radius 2 is 2.21 bits per heavy atom. The van der Waals surface area contributed by atoms with E-state index in [0.717, 1.165) is 12.8 Å². The largest absolute Gasteiger partial charge is 0.385 e. The SMILES string of the molecule is COCCCCC(=O)N[C@@H](C)c1ccc(F)cc1Cl. The van der Waals surface area contributed by atoms with Gasteiger partial charge in [0.05, 0.1) is 6.04 Å². The molecule has 5 heteroatoms. The highest BCUT2D eigenvalue weighted by Crippen LogP contribution is 2.23. The molecule has 0 saturated heterocycles. The first-order valence-electron chi connectivity index (χ1n) is 6.28. The van der Waals surface area contributed by atoms with Gasteiger partial charge in [0.25, 0.3) is 0 Å². The number of methoxy groups -OCH3 is 1. The monoisotopic (exact) mass is 287 g/mol. The van der Waals surface area contributed by atoms with E-state index in [1.54, 1.807) is 13.2 Å². The number of benzene rings is 1. The molecule has 19 heavy (non-hydrogen) atoms. The highest BCUT2D eigenvalue weighted by Gasteiger charge is 2.12. The van der Waals surface area contributed by atoms with Crippen LogP contribution in [0.25, 0.3) is 0 Å². The summed E-state index contributed by atoms with van der Waals surface area (Å²) in [5.41, 5.74) is 0.716. The zero-order chi connectivity index (χ0) is 14.3. The van der Waals surface area contributed by atoms with Crippen LogP contribution in [0.3, 0.4) is 0 Å². The van der Waals surface area contributed by atoms with Crippen LogP contribution in [0.1, 0.15) is 37.8 Å². The summed E-state index contributed by atoms with van der Waals surface area (Å²) in [6.07, 6.45) is 2.09. The van der Waals surface area contributed by atoms with Gasteiger partial charge in [0.15, 0.2) is 0 Å². The van der Waals surface area contributed by atoms with Crippen molar-refractivity contribution in [2.24, 2.45) is 0 Å². The number of ether oxygens (including phenoxy) is 1. The molecular weight excluding hydrogens is 269 g/mol. The Balaban J connectivity index is 2.45. The van der Waals surface area contributed by atoms with Crippen molar-refractivity contribution in [2.75, 3.05) is 13.7 Å². The topological polar surface area (TPSA) is 38.3 Å². The smallest absolute Gasteiger partial charge is 0.220 e. The van der Waals surface area contributed by atoms with E-state index in [9.17, 15) is 9.18 Å². The van der Waals surface area contributed by atoms with Crippen molar-refractivity contribution in [1.82, 2.24) is 5.32 Å². The summed E-state index contributed by atoms with van der Waals surface area (Å²) in [6.45, 7) is 2.48. The first-order chi connectivity index (χ1) is 9.04. The standard InChI is InChI=1S/C14H19ClFNO2/c1-10(12-7-6-11(16)9-13(12)15)17-14(18)5-3-4-8-19-2/h6-7,9-10H,3-5,8H2,1-2H3,(H,17,18)/t10-/m0/s1. The van der Waals surface area contributed by atoms with Gasteiger partial charge in [-0.2, -0.15) is 0 Å². The van der Waals surface area contributed by atoms with E-state index >= 15 is 0 Å². The first kappa shape index (κ1) is 15.9. The fourth-order valence-corrected chi connectivity index (χ4v) is 2.11. The number of nitrogens with one attached hydrogen (secondary N) is 1. The number of carbonyl (C=O) groups is 1. The Labute approximate surface area is 118 Å². The predicted octanol–water partition coefficient (Wildman–Crippen LogP) is 3.47. The minimum Gasteiger partial charge on any atom is -0.385 e. The van der Waals surface area contributed by atoms with Crippen molar-refractivity contribution >= 4 is 17.5 Å². The number of hydrogen-bond donors (Lipinski definition) is 1. The molecule has 0 spiro atoms. The molecule has 0 bridgehead atoms. The maximum atomic E-state index is 12.9. The second-order valence-electron chi connectivity index (χ2n) is 4.40. The fourth-order valence-electron chi connectivity index (χ4n) is 1.78. The highest BCUT2D eigenvalue weighted by molar-refractivity contribution is 6.31. The molecule has 0 aliphatic carbocycles. The quantitative estimate of drug-likeness (QED) is 0.780. The van der Waals surface area contributed by atoms with Gasteiger partial charge in [-0.1, -0.05) is 17.7 Å². The van der Waals surface area contributed by atoms with Crippen LogP contribution in [0.15, 0.2) is 18.2 Å². The average molecular weight is 288 g/mol. The molecule has 0 heterocycles. The minimum atomic E-state index is -0.383. The average Bonchev–Trinajstić information content (AvgIpc) is 2.34. The van der Waals surface area contributed by atoms with Gasteiger partial charge in [-0.25, -0.2) is 4.39 Å². The van der Waals surface area contributed by atoms with Crippen molar-refractivity contribution in [1.29, 1.82) is 0 Å². The maximum Gasteiger partial charge on any atom is 0.220 e. The van der Waals surface area contributed by atoms with E-state index in [-0.39, 0.29) is 17.8 Å². The van der Waals surface area contributed by atoms with Crippen molar-refractivity contribution in [3.05, 3.63) is 34.6 Å². The summed E-state index contributed by atoms with van der Waals surface area (Å²) >= 11 is 5.95. The molecule has 1 amide bonds. The van der Waals surface area contributed by atoms with Gasteiger partial charge in [0, 0.05) is 25.2 Å². The molecule has 0 fully saturated rings. The van der Waals surface area contributed by atoms with Crippen LogP contribution in [-0.4, -0.2) is 19.6 Å². The summed E-state index contributed by atoms with van der Waals surface area (Å²) in [6, 6.07) is 3.94. The molecule has 0 saturated carbocycles. The number of hydrogen-bond acceptors (Lipinski definition) is 2. The van der Waals surface area contributed by atoms with Gasteiger partial charge < -0.3 is 10.1 Å². The van der Waals surface area contributed by atoms with E-state index in [4.69, 9.17) is 16.3 Å². The van der Waals surface area contributed by atoms with Crippen LogP contribution in [0.5, 0.6) is 0 Å². The molecule has 0 aliphatic heterocycles. The molecule has 1 aromatic rings. The molecule has 1 N–H and O–H groups in total. The Morgan fingerprint density at radius 1 is 1.47 bits per heavy atom. The van der Waals surface area contributed by atoms with Gasteiger partial charge in [0.1, 0.15) is 5.82 Å². The van der Waals surface area contributed by atoms with Gasteiger partial charge >= 0.3 is 0 Å². The third kappa shape index (κ3) is 5.57. The number of unbranched alkanes of at least 4 members (excludes halogenated alkanes) is 1. The van der Waals surface area contributed by atoms with E-state index in [1.807, 2.05) is 6.92 Å².